The minimum absolute atomic E-state index is 0.131. The van der Waals surface area contributed by atoms with E-state index >= 15 is 0 Å². The van der Waals surface area contributed by atoms with E-state index in [1.807, 2.05) is 0 Å². The molecule has 5 heteroatoms. The van der Waals surface area contributed by atoms with Gasteiger partial charge in [-0.2, -0.15) is 0 Å². The fourth-order valence-electron chi connectivity index (χ4n) is 0.853. The van der Waals surface area contributed by atoms with Gasteiger partial charge in [0.1, 0.15) is 5.69 Å². The van der Waals surface area contributed by atoms with Crippen molar-refractivity contribution in [3.05, 3.63) is 18.2 Å². The Morgan fingerprint density at radius 3 is 3.00 bits per heavy atom. The van der Waals surface area contributed by atoms with Gasteiger partial charge in [-0.25, -0.2) is 13.8 Å². The minimum Gasteiger partial charge on any atom is -0.328 e. The van der Waals surface area contributed by atoms with Crippen molar-refractivity contribution < 1.29 is 13.6 Å². The highest BCUT2D eigenvalue weighted by atomic mass is 19.3. The van der Waals surface area contributed by atoms with E-state index in [2.05, 4.69) is 4.98 Å². The van der Waals surface area contributed by atoms with Crippen molar-refractivity contribution >= 4 is 6.29 Å². The van der Waals surface area contributed by atoms with Gasteiger partial charge in [0.05, 0.1) is 12.5 Å². The van der Waals surface area contributed by atoms with Crippen molar-refractivity contribution in [2.75, 3.05) is 0 Å². The van der Waals surface area contributed by atoms with Crippen LogP contribution in [0, 0.1) is 0 Å². The molecule has 0 fully saturated rings. The van der Waals surface area contributed by atoms with Gasteiger partial charge < -0.3 is 4.57 Å². The third-order valence-electron chi connectivity index (χ3n) is 1.45. The predicted molar refractivity (Wildman–Crippen MR) is 38.2 cm³/mol. The first-order valence-electron chi connectivity index (χ1n) is 3.47. The SMILES string of the molecule is O=Cc1cncn1CCC(F)F. The molecule has 0 aromatic carbocycles. The summed E-state index contributed by atoms with van der Waals surface area (Å²) >= 11 is 0. The van der Waals surface area contributed by atoms with Gasteiger partial charge in [0, 0.05) is 13.0 Å². The maximum Gasteiger partial charge on any atom is 0.240 e. The number of aryl methyl sites for hydroxylation is 1. The monoisotopic (exact) mass is 174 g/mol. The summed E-state index contributed by atoms with van der Waals surface area (Å²) in [5, 5.41) is 0. The highest BCUT2D eigenvalue weighted by Gasteiger charge is 2.04. The number of hydrogen-bond acceptors (Lipinski definition) is 2. The molecule has 0 radical (unpaired) electrons. The Morgan fingerprint density at radius 2 is 2.42 bits per heavy atom. The van der Waals surface area contributed by atoms with Gasteiger partial charge in [0.25, 0.3) is 0 Å². The number of aldehydes is 1. The quantitative estimate of drug-likeness (QED) is 0.646. The number of carbonyl (C=O) groups is 1. The molecule has 12 heavy (non-hydrogen) atoms. The van der Waals surface area contributed by atoms with Gasteiger partial charge in [-0.15, -0.1) is 0 Å². The van der Waals surface area contributed by atoms with Crippen LogP contribution in [0.3, 0.4) is 0 Å². The van der Waals surface area contributed by atoms with Crippen molar-refractivity contribution in [3.63, 3.8) is 0 Å². The first-order chi connectivity index (χ1) is 5.74. The van der Waals surface area contributed by atoms with Crippen LogP contribution in [0.4, 0.5) is 8.78 Å². The standard InChI is InChI=1S/C7H8F2N2O/c8-7(9)1-2-11-5-10-3-6(11)4-12/h3-5,7H,1-2H2. The van der Waals surface area contributed by atoms with E-state index in [0.29, 0.717) is 12.0 Å². The first kappa shape index (κ1) is 8.83. The molecule has 1 aromatic rings. The largest absolute Gasteiger partial charge is 0.328 e. The Morgan fingerprint density at radius 1 is 1.67 bits per heavy atom. The summed E-state index contributed by atoms with van der Waals surface area (Å²) in [7, 11) is 0. The summed E-state index contributed by atoms with van der Waals surface area (Å²) < 4.78 is 24.9. The topological polar surface area (TPSA) is 34.9 Å². The van der Waals surface area contributed by atoms with E-state index < -0.39 is 6.43 Å². The first-order valence-corrected chi connectivity index (χ1v) is 3.47. The van der Waals surface area contributed by atoms with Gasteiger partial charge in [0.2, 0.25) is 6.43 Å². The maximum absolute atomic E-state index is 11.7. The number of rotatable bonds is 4. The highest BCUT2D eigenvalue weighted by Crippen LogP contribution is 2.03. The Balaban J connectivity index is 2.56. The van der Waals surface area contributed by atoms with E-state index in [0.717, 1.165) is 0 Å². The van der Waals surface area contributed by atoms with Crippen LogP contribution in [-0.4, -0.2) is 22.3 Å². The van der Waals surface area contributed by atoms with Gasteiger partial charge in [-0.3, -0.25) is 4.79 Å². The van der Waals surface area contributed by atoms with E-state index in [-0.39, 0.29) is 13.0 Å². The second kappa shape index (κ2) is 3.94. The van der Waals surface area contributed by atoms with Crippen LogP contribution in [0.2, 0.25) is 0 Å². The van der Waals surface area contributed by atoms with E-state index in [1.165, 1.54) is 17.1 Å². The minimum atomic E-state index is -2.34. The Kier molecular flexibility index (Phi) is 2.90. The normalized spacial score (nSPS) is 10.6. The molecular formula is C7H8F2N2O. The fourth-order valence-corrected chi connectivity index (χ4v) is 0.853. The molecule has 0 aliphatic rings. The second-order valence-electron chi connectivity index (χ2n) is 2.31. The molecule has 0 saturated carbocycles. The van der Waals surface area contributed by atoms with E-state index in [4.69, 9.17) is 0 Å². The lowest BCUT2D eigenvalue weighted by Gasteiger charge is -2.02. The van der Waals surface area contributed by atoms with Gasteiger partial charge >= 0.3 is 0 Å². The molecule has 0 atom stereocenters. The van der Waals surface area contributed by atoms with Crippen molar-refractivity contribution in [3.8, 4) is 0 Å². The Labute approximate surface area is 68.0 Å². The molecule has 1 aromatic heterocycles. The molecule has 1 rings (SSSR count). The lowest BCUT2D eigenvalue weighted by Crippen LogP contribution is -2.04. The summed E-state index contributed by atoms with van der Waals surface area (Å²) in [5.74, 6) is 0. The third-order valence-corrected chi connectivity index (χ3v) is 1.45. The number of alkyl halides is 2. The molecule has 0 spiro atoms. The van der Waals surface area contributed by atoms with Crippen LogP contribution in [0.25, 0.3) is 0 Å². The van der Waals surface area contributed by atoms with Crippen LogP contribution < -0.4 is 0 Å². The Bertz CT molecular complexity index is 260. The summed E-state index contributed by atoms with van der Waals surface area (Å²) in [5.41, 5.74) is 0.329. The summed E-state index contributed by atoms with van der Waals surface area (Å²) in [6, 6.07) is 0. The molecule has 0 unspecified atom stereocenters. The molecule has 66 valence electrons. The summed E-state index contributed by atoms with van der Waals surface area (Å²) in [6.45, 7) is 0.131. The number of nitrogens with zero attached hydrogens (tertiary/aromatic N) is 2. The van der Waals surface area contributed by atoms with Crippen molar-refractivity contribution in [2.45, 2.75) is 19.4 Å². The fraction of sp³-hybridized carbons (Fsp3) is 0.429. The number of imidazole rings is 1. The average molecular weight is 174 g/mol. The number of carbonyl (C=O) groups excluding carboxylic acids is 1. The molecule has 3 nitrogen and oxygen atoms in total. The molecular weight excluding hydrogens is 166 g/mol. The molecule has 0 aliphatic heterocycles. The van der Waals surface area contributed by atoms with E-state index in [1.54, 1.807) is 0 Å². The lowest BCUT2D eigenvalue weighted by atomic mass is 10.4. The zero-order chi connectivity index (χ0) is 8.97. The number of aromatic nitrogens is 2. The molecule has 0 saturated heterocycles. The Hall–Kier alpha value is -1.26. The van der Waals surface area contributed by atoms with Crippen LogP contribution in [0.5, 0.6) is 0 Å². The number of halogens is 2. The second-order valence-corrected chi connectivity index (χ2v) is 2.31. The summed E-state index contributed by atoms with van der Waals surface area (Å²) in [4.78, 5) is 13.9. The molecule has 0 bridgehead atoms. The zero-order valence-corrected chi connectivity index (χ0v) is 6.28. The molecule has 0 amide bonds. The number of hydrogen-bond donors (Lipinski definition) is 0. The van der Waals surface area contributed by atoms with Gasteiger partial charge in [-0.1, -0.05) is 0 Å². The molecule has 1 heterocycles. The van der Waals surface area contributed by atoms with Crippen LogP contribution >= 0.6 is 0 Å². The van der Waals surface area contributed by atoms with Crippen molar-refractivity contribution in [2.24, 2.45) is 0 Å². The lowest BCUT2D eigenvalue weighted by molar-refractivity contribution is 0.110. The predicted octanol–water partition coefficient (Wildman–Crippen LogP) is 1.35. The summed E-state index contributed by atoms with van der Waals surface area (Å²) in [6.07, 6.45) is 0.715. The van der Waals surface area contributed by atoms with Crippen molar-refractivity contribution in [1.29, 1.82) is 0 Å². The van der Waals surface area contributed by atoms with Gasteiger partial charge in [0.15, 0.2) is 6.29 Å². The van der Waals surface area contributed by atoms with Crippen molar-refractivity contribution in [1.82, 2.24) is 9.55 Å². The third kappa shape index (κ3) is 2.11. The maximum atomic E-state index is 11.7. The smallest absolute Gasteiger partial charge is 0.240 e. The molecule has 0 aliphatic carbocycles. The molecule has 0 N–H and O–H groups in total. The average Bonchev–Trinajstić information content (AvgIpc) is 2.47. The van der Waals surface area contributed by atoms with Crippen LogP contribution in [-0.2, 0) is 6.54 Å². The van der Waals surface area contributed by atoms with Gasteiger partial charge in [-0.05, 0) is 0 Å². The van der Waals surface area contributed by atoms with Crippen LogP contribution in [0.1, 0.15) is 16.9 Å². The van der Waals surface area contributed by atoms with Crippen LogP contribution in [0.15, 0.2) is 12.5 Å². The highest BCUT2D eigenvalue weighted by molar-refractivity contribution is 5.71. The zero-order valence-electron chi connectivity index (χ0n) is 6.28. The van der Waals surface area contributed by atoms with E-state index in [9.17, 15) is 13.6 Å².